The molecule has 27 heavy (non-hydrogen) atoms. The standard InChI is InChI=1S/C19H14ClN3O4/c1-12-4-2-3-5-15(12)19(24)22-21-11-14-7-9-18(27-14)16-10-13(23(25)26)6-8-17(16)20/h2-11H,1H3,(H,22,24)/b21-11+. The van der Waals surface area contributed by atoms with Crippen LogP contribution in [0.1, 0.15) is 21.7 Å². The first-order valence-electron chi connectivity index (χ1n) is 7.89. The van der Waals surface area contributed by atoms with Gasteiger partial charge in [0.1, 0.15) is 11.5 Å². The molecular weight excluding hydrogens is 370 g/mol. The summed E-state index contributed by atoms with van der Waals surface area (Å²) in [6, 6.07) is 14.5. The highest BCUT2D eigenvalue weighted by molar-refractivity contribution is 6.33. The molecule has 0 fully saturated rings. The second-order valence-corrected chi connectivity index (χ2v) is 6.04. The highest BCUT2D eigenvalue weighted by Gasteiger charge is 2.14. The SMILES string of the molecule is Cc1ccccc1C(=O)N/N=C/c1ccc(-c2cc([N+](=O)[O-])ccc2Cl)o1. The van der Waals surface area contributed by atoms with Crippen molar-refractivity contribution in [3.63, 3.8) is 0 Å². The first-order valence-corrected chi connectivity index (χ1v) is 8.26. The Morgan fingerprint density at radius 1 is 1.22 bits per heavy atom. The number of hydrazone groups is 1. The molecule has 136 valence electrons. The van der Waals surface area contributed by atoms with Crippen LogP contribution in [0.5, 0.6) is 0 Å². The molecule has 3 aromatic rings. The number of halogens is 1. The van der Waals surface area contributed by atoms with E-state index >= 15 is 0 Å². The number of furan rings is 1. The van der Waals surface area contributed by atoms with Crippen molar-refractivity contribution in [1.29, 1.82) is 0 Å². The highest BCUT2D eigenvalue weighted by atomic mass is 35.5. The number of non-ortho nitro benzene ring substituents is 1. The monoisotopic (exact) mass is 383 g/mol. The first kappa shape index (κ1) is 18.3. The predicted octanol–water partition coefficient (Wildman–Crippen LogP) is 4.58. The lowest BCUT2D eigenvalue weighted by molar-refractivity contribution is -0.384. The Balaban J connectivity index is 1.74. The number of rotatable bonds is 5. The second kappa shape index (κ2) is 7.84. The Hall–Kier alpha value is -3.45. The Morgan fingerprint density at radius 2 is 2.00 bits per heavy atom. The number of benzene rings is 2. The van der Waals surface area contributed by atoms with Gasteiger partial charge in [-0.1, -0.05) is 29.8 Å². The fraction of sp³-hybridized carbons (Fsp3) is 0.0526. The molecule has 8 heteroatoms. The molecule has 0 aliphatic heterocycles. The fourth-order valence-electron chi connectivity index (χ4n) is 2.43. The van der Waals surface area contributed by atoms with E-state index in [1.54, 1.807) is 24.3 Å². The normalized spacial score (nSPS) is 10.9. The average Bonchev–Trinajstić information content (AvgIpc) is 3.10. The maximum atomic E-state index is 12.1. The molecule has 7 nitrogen and oxygen atoms in total. The number of nitrogens with one attached hydrogen (secondary N) is 1. The summed E-state index contributed by atoms with van der Waals surface area (Å²) in [5.74, 6) is 0.380. The van der Waals surface area contributed by atoms with Crippen molar-refractivity contribution in [3.8, 4) is 11.3 Å². The molecule has 0 unspecified atom stereocenters. The first-order chi connectivity index (χ1) is 13.0. The Morgan fingerprint density at radius 3 is 2.74 bits per heavy atom. The largest absolute Gasteiger partial charge is 0.455 e. The maximum Gasteiger partial charge on any atom is 0.271 e. The number of nitro groups is 1. The number of carbonyl (C=O) groups is 1. The third kappa shape index (κ3) is 4.21. The average molecular weight is 384 g/mol. The van der Waals surface area contributed by atoms with E-state index in [2.05, 4.69) is 10.5 Å². The molecule has 0 saturated carbocycles. The van der Waals surface area contributed by atoms with Gasteiger partial charge in [-0.05, 0) is 36.8 Å². The van der Waals surface area contributed by atoms with Crippen molar-refractivity contribution in [2.75, 3.05) is 0 Å². The molecule has 0 aliphatic rings. The molecule has 1 N–H and O–H groups in total. The van der Waals surface area contributed by atoms with E-state index in [-0.39, 0.29) is 11.6 Å². The summed E-state index contributed by atoms with van der Waals surface area (Å²) in [4.78, 5) is 22.5. The third-order valence-electron chi connectivity index (χ3n) is 3.80. The number of nitro benzene ring substituents is 1. The van der Waals surface area contributed by atoms with Gasteiger partial charge < -0.3 is 4.42 Å². The summed E-state index contributed by atoms with van der Waals surface area (Å²) in [6.45, 7) is 1.83. The minimum atomic E-state index is -0.508. The van der Waals surface area contributed by atoms with Gasteiger partial charge in [0.25, 0.3) is 11.6 Å². The maximum absolute atomic E-state index is 12.1. The lowest BCUT2D eigenvalue weighted by Crippen LogP contribution is -2.18. The smallest absolute Gasteiger partial charge is 0.271 e. The molecule has 0 saturated heterocycles. The highest BCUT2D eigenvalue weighted by Crippen LogP contribution is 2.32. The third-order valence-corrected chi connectivity index (χ3v) is 4.13. The van der Waals surface area contributed by atoms with Crippen molar-refractivity contribution in [2.24, 2.45) is 5.10 Å². The van der Waals surface area contributed by atoms with Crippen LogP contribution in [0, 0.1) is 17.0 Å². The van der Waals surface area contributed by atoms with Gasteiger partial charge in [-0.3, -0.25) is 14.9 Å². The summed E-state index contributed by atoms with van der Waals surface area (Å²) in [7, 11) is 0. The van der Waals surface area contributed by atoms with E-state index in [4.69, 9.17) is 16.0 Å². The van der Waals surface area contributed by atoms with Crippen LogP contribution in [0.25, 0.3) is 11.3 Å². The predicted molar refractivity (Wildman–Crippen MR) is 102 cm³/mol. The quantitative estimate of drug-likeness (QED) is 0.396. The van der Waals surface area contributed by atoms with E-state index in [1.807, 2.05) is 19.1 Å². The van der Waals surface area contributed by atoms with Crippen molar-refractivity contribution in [1.82, 2.24) is 5.43 Å². The van der Waals surface area contributed by atoms with Crippen molar-refractivity contribution < 1.29 is 14.1 Å². The van der Waals surface area contributed by atoms with Crippen LogP contribution in [0.15, 0.2) is 64.1 Å². The minimum Gasteiger partial charge on any atom is -0.455 e. The zero-order valence-electron chi connectivity index (χ0n) is 14.2. The number of hydrogen-bond acceptors (Lipinski definition) is 5. The van der Waals surface area contributed by atoms with Crippen LogP contribution in [0.3, 0.4) is 0 Å². The Labute approximate surface area is 159 Å². The lowest BCUT2D eigenvalue weighted by Gasteiger charge is -2.02. The molecule has 0 aliphatic carbocycles. The number of nitrogens with zero attached hydrogens (tertiary/aromatic N) is 2. The van der Waals surface area contributed by atoms with Crippen molar-refractivity contribution >= 4 is 29.4 Å². The van der Waals surface area contributed by atoms with E-state index in [9.17, 15) is 14.9 Å². The second-order valence-electron chi connectivity index (χ2n) is 5.64. The van der Waals surface area contributed by atoms with E-state index in [0.29, 0.717) is 27.7 Å². The van der Waals surface area contributed by atoms with Gasteiger partial charge in [0.15, 0.2) is 0 Å². The van der Waals surface area contributed by atoms with Crippen LogP contribution in [-0.2, 0) is 0 Å². The lowest BCUT2D eigenvalue weighted by atomic mass is 10.1. The zero-order valence-corrected chi connectivity index (χ0v) is 14.9. The van der Waals surface area contributed by atoms with Crippen LogP contribution in [0.4, 0.5) is 5.69 Å². The molecule has 0 radical (unpaired) electrons. The van der Waals surface area contributed by atoms with Crippen LogP contribution in [0.2, 0.25) is 5.02 Å². The van der Waals surface area contributed by atoms with Crippen LogP contribution in [-0.4, -0.2) is 17.0 Å². The van der Waals surface area contributed by atoms with Gasteiger partial charge in [-0.25, -0.2) is 5.43 Å². The molecule has 1 aromatic heterocycles. The zero-order chi connectivity index (χ0) is 19.4. The molecule has 0 atom stereocenters. The summed E-state index contributed by atoms with van der Waals surface area (Å²) in [5, 5.41) is 15.1. The van der Waals surface area contributed by atoms with Gasteiger partial charge in [0.05, 0.1) is 16.2 Å². The minimum absolute atomic E-state index is 0.0912. The number of hydrogen-bond donors (Lipinski definition) is 1. The number of aryl methyl sites for hydroxylation is 1. The van der Waals surface area contributed by atoms with Gasteiger partial charge in [-0.2, -0.15) is 5.10 Å². The van der Waals surface area contributed by atoms with Crippen molar-refractivity contribution in [3.05, 3.63) is 86.6 Å². The molecule has 0 spiro atoms. The van der Waals surface area contributed by atoms with Crippen molar-refractivity contribution in [2.45, 2.75) is 6.92 Å². The Bertz CT molecular complexity index is 1040. The molecule has 1 heterocycles. The van der Waals surface area contributed by atoms with Gasteiger partial charge in [0, 0.05) is 23.3 Å². The molecule has 2 aromatic carbocycles. The molecular formula is C19H14ClN3O4. The number of carbonyl (C=O) groups excluding carboxylic acids is 1. The fourth-order valence-corrected chi connectivity index (χ4v) is 2.64. The van der Waals surface area contributed by atoms with Gasteiger partial charge in [-0.15, -0.1) is 0 Å². The number of amides is 1. The van der Waals surface area contributed by atoms with Crippen LogP contribution >= 0.6 is 11.6 Å². The summed E-state index contributed by atoms with van der Waals surface area (Å²) in [6.07, 6.45) is 1.34. The molecule has 0 bridgehead atoms. The van der Waals surface area contributed by atoms with E-state index in [1.165, 1.54) is 24.4 Å². The van der Waals surface area contributed by atoms with Crippen LogP contribution < -0.4 is 5.43 Å². The molecule has 3 rings (SSSR count). The topological polar surface area (TPSA) is 97.7 Å². The summed E-state index contributed by atoms with van der Waals surface area (Å²) >= 11 is 6.10. The van der Waals surface area contributed by atoms with E-state index in [0.717, 1.165) is 5.56 Å². The summed E-state index contributed by atoms with van der Waals surface area (Å²) < 4.78 is 5.59. The summed E-state index contributed by atoms with van der Waals surface area (Å²) in [5.41, 5.74) is 4.10. The Kier molecular flexibility index (Phi) is 5.33. The van der Waals surface area contributed by atoms with E-state index < -0.39 is 4.92 Å². The molecule has 1 amide bonds. The van der Waals surface area contributed by atoms with Gasteiger partial charge >= 0.3 is 0 Å². The van der Waals surface area contributed by atoms with Gasteiger partial charge in [0.2, 0.25) is 0 Å².